The molecule has 3 aromatic rings. The molecule has 0 radical (unpaired) electrons. The minimum Gasteiger partial charge on any atom is -0.508 e. The van der Waals surface area contributed by atoms with E-state index in [1.165, 1.54) is 0 Å². The Labute approximate surface area is 167 Å². The van der Waals surface area contributed by atoms with Crippen LogP contribution in [0.3, 0.4) is 0 Å². The highest BCUT2D eigenvalue weighted by Gasteiger charge is 2.49. The first-order chi connectivity index (χ1) is 14.1. The zero-order chi connectivity index (χ0) is 19.8. The van der Waals surface area contributed by atoms with Crippen LogP contribution >= 0.6 is 0 Å². The largest absolute Gasteiger partial charge is 0.508 e. The van der Waals surface area contributed by atoms with Crippen molar-refractivity contribution in [3.8, 4) is 22.7 Å². The highest BCUT2D eigenvalue weighted by molar-refractivity contribution is 8.07. The van der Waals surface area contributed by atoms with Crippen LogP contribution in [0.15, 0.2) is 52.3 Å². The summed E-state index contributed by atoms with van der Waals surface area (Å²) in [5.74, 6) is 0.297. The van der Waals surface area contributed by atoms with Crippen LogP contribution in [0.2, 0.25) is 0 Å². The molecule has 29 heavy (non-hydrogen) atoms. The Morgan fingerprint density at radius 3 is 2.72 bits per heavy atom. The fourth-order valence-corrected chi connectivity index (χ4v) is 7.55. The topological polar surface area (TPSA) is 84.7 Å². The molecule has 1 amide bonds. The van der Waals surface area contributed by atoms with E-state index in [0.29, 0.717) is 43.4 Å². The number of hydrogen-bond donors (Lipinski definition) is 2. The number of carbonyl (C=O) groups is 1. The van der Waals surface area contributed by atoms with E-state index < -0.39 is 9.93 Å². The Morgan fingerprint density at radius 1 is 1.14 bits per heavy atom. The number of morpholine rings is 1. The Kier molecular flexibility index (Phi) is 3.37. The molecule has 7 nitrogen and oxygen atoms in total. The lowest BCUT2D eigenvalue weighted by Gasteiger charge is -2.26. The number of fused-ring (bicyclic) bond motifs is 3. The van der Waals surface area contributed by atoms with Crippen molar-refractivity contribution in [1.29, 1.82) is 0 Å². The van der Waals surface area contributed by atoms with Crippen molar-refractivity contribution >= 4 is 15.8 Å². The van der Waals surface area contributed by atoms with E-state index >= 15 is 0 Å². The molecule has 0 spiro atoms. The van der Waals surface area contributed by atoms with E-state index in [2.05, 4.69) is 5.10 Å². The minimum atomic E-state index is -2.57. The highest BCUT2D eigenvalue weighted by Crippen LogP contribution is 2.59. The molecule has 1 N–H and O–H groups in total. The number of carbonyl (C=O) groups excluding carboxylic acids is 1. The Bertz CT molecular complexity index is 1240. The lowest BCUT2D eigenvalue weighted by Crippen LogP contribution is -2.41. The smallest absolute Gasteiger partial charge is 0.274 e. The summed E-state index contributed by atoms with van der Waals surface area (Å²) in [4.78, 5) is 16.9. The van der Waals surface area contributed by atoms with Crippen molar-refractivity contribution in [1.82, 2.24) is 14.7 Å². The second-order valence-electron chi connectivity index (χ2n) is 7.58. The summed E-state index contributed by atoms with van der Waals surface area (Å²) in [7, 11) is -2.57. The number of thiol groups is 1. The summed E-state index contributed by atoms with van der Waals surface area (Å²) < 4.78 is 20.5. The second kappa shape index (κ2) is 5.77. The molecule has 2 aromatic carbocycles. The van der Waals surface area contributed by atoms with Crippen LogP contribution in [0.4, 0.5) is 0 Å². The van der Waals surface area contributed by atoms with E-state index in [9.17, 15) is 14.1 Å². The fraction of sp³-hybridized carbons (Fsp3) is 0.238. The third kappa shape index (κ3) is 2.30. The predicted octanol–water partition coefficient (Wildman–Crippen LogP) is 1.98. The van der Waals surface area contributed by atoms with Crippen molar-refractivity contribution in [2.45, 2.75) is 15.5 Å². The monoisotopic (exact) mass is 409 g/mol. The number of phenols is 1. The molecule has 1 aromatic heterocycles. The van der Waals surface area contributed by atoms with Crippen molar-refractivity contribution < 1.29 is 18.8 Å². The first-order valence-electron chi connectivity index (χ1n) is 9.60. The van der Waals surface area contributed by atoms with Crippen LogP contribution in [0.5, 0.6) is 5.75 Å². The Balaban J connectivity index is 1.57. The van der Waals surface area contributed by atoms with Gasteiger partial charge in [0.05, 0.1) is 24.6 Å². The van der Waals surface area contributed by atoms with Crippen LogP contribution in [0.25, 0.3) is 16.9 Å². The summed E-state index contributed by atoms with van der Waals surface area (Å²) in [5, 5.41) is 14.6. The van der Waals surface area contributed by atoms with Crippen molar-refractivity contribution in [3.63, 3.8) is 0 Å². The summed E-state index contributed by atoms with van der Waals surface area (Å²) in [5.41, 5.74) is 3.43. The van der Waals surface area contributed by atoms with Gasteiger partial charge in [-0.05, 0) is 28.1 Å². The molecule has 6 rings (SSSR count). The Hall–Kier alpha value is -2.97. The van der Waals surface area contributed by atoms with Gasteiger partial charge in [0.1, 0.15) is 5.75 Å². The average Bonchev–Trinajstić information content (AvgIpc) is 3.16. The third-order valence-electron chi connectivity index (χ3n) is 5.91. The number of ether oxygens (including phenoxy) is 1. The molecule has 3 aliphatic heterocycles. The van der Waals surface area contributed by atoms with Gasteiger partial charge in [-0.3, -0.25) is 9.00 Å². The van der Waals surface area contributed by atoms with Crippen LogP contribution in [-0.4, -0.2) is 56.2 Å². The number of aromatic nitrogens is 2. The Morgan fingerprint density at radius 2 is 1.93 bits per heavy atom. The first-order valence-corrected chi connectivity index (χ1v) is 11.5. The molecule has 4 heterocycles. The minimum absolute atomic E-state index is 0.123. The summed E-state index contributed by atoms with van der Waals surface area (Å²) in [6, 6.07) is 12.6. The number of hydrogen-bond acceptors (Lipinski definition) is 5. The fourth-order valence-electron chi connectivity index (χ4n) is 4.48. The number of aromatic hydroxyl groups is 1. The maximum atomic E-state index is 13.4. The van der Waals surface area contributed by atoms with E-state index in [1.807, 2.05) is 24.3 Å². The van der Waals surface area contributed by atoms with Crippen LogP contribution in [0, 0.1) is 0 Å². The highest BCUT2D eigenvalue weighted by atomic mass is 32.3. The van der Waals surface area contributed by atoms with E-state index in [1.54, 1.807) is 27.8 Å². The van der Waals surface area contributed by atoms with Crippen LogP contribution < -0.4 is 0 Å². The van der Waals surface area contributed by atoms with Gasteiger partial charge in [0.15, 0.2) is 5.69 Å². The molecule has 0 bridgehead atoms. The van der Waals surface area contributed by atoms with Gasteiger partial charge >= 0.3 is 0 Å². The van der Waals surface area contributed by atoms with Crippen molar-refractivity contribution in [2.24, 2.45) is 0 Å². The van der Waals surface area contributed by atoms with E-state index in [4.69, 9.17) is 4.74 Å². The van der Waals surface area contributed by atoms with Gasteiger partial charge < -0.3 is 14.7 Å². The van der Waals surface area contributed by atoms with Gasteiger partial charge in [-0.25, -0.2) is 4.68 Å². The maximum absolute atomic E-state index is 13.4. The molecule has 148 valence electrons. The van der Waals surface area contributed by atoms with Crippen LogP contribution in [-0.2, 0) is 20.4 Å². The normalized spacial score (nSPS) is 19.2. The third-order valence-corrected chi connectivity index (χ3v) is 8.80. The molecular weight excluding hydrogens is 390 g/mol. The molecule has 1 fully saturated rings. The van der Waals surface area contributed by atoms with Crippen molar-refractivity contribution in [2.75, 3.05) is 26.3 Å². The number of benzene rings is 2. The lowest BCUT2D eigenvalue weighted by atomic mass is 10.1. The number of nitrogens with zero attached hydrogens (tertiary/aromatic N) is 3. The quantitative estimate of drug-likeness (QED) is 0.500. The number of phenolic OH excluding ortho intramolecular Hbond substituents is 1. The molecule has 0 unspecified atom stereocenters. The first kappa shape index (κ1) is 16.9. The molecular formula is C21H19N3O4S. The van der Waals surface area contributed by atoms with Crippen LogP contribution in [0.1, 0.15) is 16.1 Å². The number of rotatable bonds is 2. The SMILES string of the molecule is O=C(c1nn(-c2cccc(O)c2)c2c1C[SH]1(=O)c3cccc-2c31)N1CCOCC1. The molecule has 0 aliphatic carbocycles. The maximum Gasteiger partial charge on any atom is 0.274 e. The van der Waals surface area contributed by atoms with E-state index in [-0.39, 0.29) is 11.7 Å². The summed E-state index contributed by atoms with van der Waals surface area (Å²) in [6.45, 7) is 2.04. The van der Waals surface area contributed by atoms with Gasteiger partial charge in [-0.2, -0.15) is 5.10 Å². The van der Waals surface area contributed by atoms with E-state index in [0.717, 1.165) is 26.6 Å². The molecule has 3 aliphatic rings. The molecule has 0 atom stereocenters. The average molecular weight is 409 g/mol. The lowest BCUT2D eigenvalue weighted by molar-refractivity contribution is 0.0298. The van der Waals surface area contributed by atoms with Gasteiger partial charge in [-0.1, -0.05) is 18.2 Å². The predicted molar refractivity (Wildman–Crippen MR) is 107 cm³/mol. The van der Waals surface area contributed by atoms with Crippen molar-refractivity contribution in [3.05, 3.63) is 53.7 Å². The summed E-state index contributed by atoms with van der Waals surface area (Å²) >= 11 is 0. The second-order valence-corrected chi connectivity index (χ2v) is 10.3. The molecule has 8 heteroatoms. The zero-order valence-corrected chi connectivity index (χ0v) is 16.4. The van der Waals surface area contributed by atoms with Gasteiger partial charge in [-0.15, -0.1) is 0 Å². The summed E-state index contributed by atoms with van der Waals surface area (Å²) in [6.07, 6.45) is 0. The molecule has 1 saturated heterocycles. The zero-order valence-electron chi connectivity index (χ0n) is 15.5. The molecule has 0 saturated carbocycles. The van der Waals surface area contributed by atoms with Gasteiger partial charge in [0.25, 0.3) is 5.91 Å². The number of amides is 1. The van der Waals surface area contributed by atoms with Gasteiger partial charge in [0.2, 0.25) is 0 Å². The van der Waals surface area contributed by atoms with Gasteiger partial charge in [0, 0.05) is 45.8 Å². The standard InChI is InChI=1S/C21H19N3O4S/c25-14-4-1-3-13(11-14)24-19-15-5-2-6-17-20(15)29(17,27)12-16(19)18(22-24)21(26)23-7-9-28-10-8-23/h1-6,11,25,29H,7-10,12H2.